The molecule has 0 aliphatic carbocycles. The Morgan fingerprint density at radius 2 is 2.00 bits per heavy atom. The van der Waals surface area contributed by atoms with Crippen molar-refractivity contribution in [2.24, 2.45) is 0 Å². The lowest BCUT2D eigenvalue weighted by molar-refractivity contribution is -0.120. The smallest absolute Gasteiger partial charge is 0.336 e. The van der Waals surface area contributed by atoms with Crippen molar-refractivity contribution in [2.45, 2.75) is 32.4 Å². The Hall–Kier alpha value is -3.12. The van der Waals surface area contributed by atoms with Crippen LogP contribution in [0.15, 0.2) is 57.7 Å². The van der Waals surface area contributed by atoms with Crippen LogP contribution in [-0.4, -0.2) is 30.5 Å². The molecule has 6 heteroatoms. The number of nitrogens with zero attached hydrogens (tertiary/aromatic N) is 1. The minimum atomic E-state index is -0.364. The van der Waals surface area contributed by atoms with E-state index in [4.69, 9.17) is 9.15 Å². The fourth-order valence-corrected chi connectivity index (χ4v) is 3.90. The first-order chi connectivity index (χ1) is 14.0. The van der Waals surface area contributed by atoms with Crippen molar-refractivity contribution in [3.8, 4) is 5.75 Å². The van der Waals surface area contributed by atoms with Gasteiger partial charge >= 0.3 is 5.63 Å². The predicted octanol–water partition coefficient (Wildman–Crippen LogP) is 3.71. The molecule has 1 aromatic heterocycles. The quantitative estimate of drug-likeness (QED) is 0.670. The van der Waals surface area contributed by atoms with Gasteiger partial charge in [-0.2, -0.15) is 0 Å². The van der Waals surface area contributed by atoms with Crippen LogP contribution in [0.3, 0.4) is 0 Å². The van der Waals surface area contributed by atoms with E-state index in [1.807, 2.05) is 49.4 Å². The minimum Gasteiger partial charge on any atom is -0.497 e. The summed E-state index contributed by atoms with van der Waals surface area (Å²) >= 11 is 0. The number of carbonyl (C=O) groups is 1. The standard InChI is InChI=1S/C23H24N2O4/c1-15-5-10-19-16(13-22(26)29-21(19)12-15)14-25-11-3-4-20(25)23(27)24-17-6-8-18(28-2)9-7-17/h5-10,12-13,20H,3-4,11,14H2,1-2H3,(H,24,27). The van der Waals surface area contributed by atoms with Gasteiger partial charge in [-0.3, -0.25) is 9.69 Å². The highest BCUT2D eigenvalue weighted by molar-refractivity contribution is 5.95. The first-order valence-electron chi connectivity index (χ1n) is 9.76. The largest absolute Gasteiger partial charge is 0.497 e. The summed E-state index contributed by atoms with van der Waals surface area (Å²) in [6.07, 6.45) is 1.74. The average Bonchev–Trinajstić information content (AvgIpc) is 3.16. The van der Waals surface area contributed by atoms with Gasteiger partial charge < -0.3 is 14.5 Å². The van der Waals surface area contributed by atoms with E-state index in [2.05, 4.69) is 10.2 Å². The van der Waals surface area contributed by atoms with Crippen molar-refractivity contribution in [3.63, 3.8) is 0 Å². The molecule has 0 saturated carbocycles. The number of hydrogen-bond acceptors (Lipinski definition) is 5. The Morgan fingerprint density at radius 3 is 2.76 bits per heavy atom. The molecular weight excluding hydrogens is 368 g/mol. The van der Waals surface area contributed by atoms with Crippen LogP contribution in [0, 0.1) is 6.92 Å². The van der Waals surface area contributed by atoms with Crippen LogP contribution in [0.5, 0.6) is 5.75 Å². The fourth-order valence-electron chi connectivity index (χ4n) is 3.90. The summed E-state index contributed by atoms with van der Waals surface area (Å²) in [7, 11) is 1.61. The number of nitrogens with one attached hydrogen (secondary N) is 1. The molecule has 2 aromatic carbocycles. The molecule has 1 amide bonds. The van der Waals surface area contributed by atoms with Crippen molar-refractivity contribution in [1.29, 1.82) is 0 Å². The lowest BCUT2D eigenvalue weighted by Crippen LogP contribution is -2.39. The van der Waals surface area contributed by atoms with Gasteiger partial charge in [0.25, 0.3) is 0 Å². The summed E-state index contributed by atoms with van der Waals surface area (Å²) in [4.78, 5) is 27.0. The van der Waals surface area contributed by atoms with Crippen LogP contribution in [0.25, 0.3) is 11.0 Å². The molecule has 150 valence electrons. The molecule has 0 spiro atoms. The van der Waals surface area contributed by atoms with Gasteiger partial charge in [0.15, 0.2) is 0 Å². The molecular formula is C23H24N2O4. The van der Waals surface area contributed by atoms with E-state index >= 15 is 0 Å². The Labute approximate surface area is 169 Å². The van der Waals surface area contributed by atoms with E-state index in [0.29, 0.717) is 12.1 Å². The Morgan fingerprint density at radius 1 is 1.21 bits per heavy atom. The molecule has 3 aromatic rings. The zero-order valence-electron chi connectivity index (χ0n) is 16.6. The van der Waals surface area contributed by atoms with Crippen LogP contribution in [0.4, 0.5) is 5.69 Å². The molecule has 1 fully saturated rings. The number of hydrogen-bond donors (Lipinski definition) is 1. The van der Waals surface area contributed by atoms with Gasteiger partial charge in [-0.1, -0.05) is 12.1 Å². The zero-order valence-corrected chi connectivity index (χ0v) is 16.6. The number of rotatable bonds is 5. The first-order valence-corrected chi connectivity index (χ1v) is 9.76. The molecule has 1 aliphatic heterocycles. The van der Waals surface area contributed by atoms with Crippen LogP contribution >= 0.6 is 0 Å². The highest BCUT2D eigenvalue weighted by atomic mass is 16.5. The van der Waals surface area contributed by atoms with Gasteiger partial charge in [0.2, 0.25) is 5.91 Å². The van der Waals surface area contributed by atoms with Gasteiger partial charge in [-0.15, -0.1) is 0 Å². The van der Waals surface area contributed by atoms with Crippen molar-refractivity contribution >= 4 is 22.6 Å². The van der Waals surface area contributed by atoms with Crippen LogP contribution in [0.2, 0.25) is 0 Å². The van der Waals surface area contributed by atoms with E-state index in [-0.39, 0.29) is 17.6 Å². The summed E-state index contributed by atoms with van der Waals surface area (Å²) in [6, 6.07) is 14.5. The predicted molar refractivity (Wildman–Crippen MR) is 112 cm³/mol. The third-order valence-corrected chi connectivity index (χ3v) is 5.38. The second-order valence-corrected chi connectivity index (χ2v) is 7.44. The monoisotopic (exact) mass is 392 g/mol. The van der Waals surface area contributed by atoms with E-state index in [9.17, 15) is 9.59 Å². The minimum absolute atomic E-state index is 0.0317. The maximum absolute atomic E-state index is 12.9. The third kappa shape index (κ3) is 4.17. The molecule has 1 atom stereocenters. The molecule has 2 heterocycles. The number of benzene rings is 2. The number of fused-ring (bicyclic) bond motifs is 1. The van der Waals surface area contributed by atoms with Crippen molar-refractivity contribution in [1.82, 2.24) is 4.90 Å². The number of ether oxygens (including phenoxy) is 1. The topological polar surface area (TPSA) is 71.8 Å². The average molecular weight is 392 g/mol. The van der Waals surface area contributed by atoms with Gasteiger partial charge in [0, 0.05) is 23.7 Å². The van der Waals surface area contributed by atoms with Gasteiger partial charge in [-0.25, -0.2) is 4.79 Å². The number of amides is 1. The normalized spacial score (nSPS) is 16.8. The Bertz CT molecular complexity index is 1090. The number of carbonyl (C=O) groups excluding carboxylic acids is 1. The summed E-state index contributed by atoms with van der Waals surface area (Å²) < 4.78 is 10.5. The van der Waals surface area contributed by atoms with E-state index < -0.39 is 0 Å². The summed E-state index contributed by atoms with van der Waals surface area (Å²) in [5.74, 6) is 0.714. The maximum atomic E-state index is 12.9. The highest BCUT2D eigenvalue weighted by Crippen LogP contribution is 2.25. The molecule has 1 N–H and O–H groups in total. The van der Waals surface area contributed by atoms with Crippen molar-refractivity contribution in [2.75, 3.05) is 19.0 Å². The molecule has 0 bridgehead atoms. The van der Waals surface area contributed by atoms with Crippen LogP contribution < -0.4 is 15.7 Å². The number of anilines is 1. The van der Waals surface area contributed by atoms with E-state index in [1.165, 1.54) is 6.07 Å². The van der Waals surface area contributed by atoms with Crippen molar-refractivity contribution < 1.29 is 13.9 Å². The summed E-state index contributed by atoms with van der Waals surface area (Å²) in [5.41, 5.74) is 2.89. The molecule has 29 heavy (non-hydrogen) atoms. The van der Waals surface area contributed by atoms with E-state index in [0.717, 1.165) is 47.3 Å². The lowest BCUT2D eigenvalue weighted by atomic mass is 10.1. The van der Waals surface area contributed by atoms with Gasteiger partial charge in [0.05, 0.1) is 13.2 Å². The second-order valence-electron chi connectivity index (χ2n) is 7.44. The molecule has 1 unspecified atom stereocenters. The molecule has 4 rings (SSSR count). The second kappa shape index (κ2) is 8.09. The Balaban J connectivity index is 1.53. The first kappa shape index (κ1) is 19.2. The summed E-state index contributed by atoms with van der Waals surface area (Å²) in [5, 5.41) is 3.90. The van der Waals surface area contributed by atoms with Gasteiger partial charge in [0.1, 0.15) is 11.3 Å². The van der Waals surface area contributed by atoms with Crippen LogP contribution in [-0.2, 0) is 11.3 Å². The maximum Gasteiger partial charge on any atom is 0.336 e. The number of methoxy groups -OCH3 is 1. The number of likely N-dealkylation sites (tertiary alicyclic amines) is 1. The number of aryl methyl sites for hydroxylation is 1. The van der Waals surface area contributed by atoms with E-state index in [1.54, 1.807) is 7.11 Å². The molecule has 1 saturated heterocycles. The third-order valence-electron chi connectivity index (χ3n) is 5.38. The van der Waals surface area contributed by atoms with Crippen LogP contribution in [0.1, 0.15) is 24.0 Å². The summed E-state index contributed by atoms with van der Waals surface area (Å²) in [6.45, 7) is 3.31. The molecule has 0 radical (unpaired) electrons. The zero-order chi connectivity index (χ0) is 20.4. The SMILES string of the molecule is COc1ccc(NC(=O)C2CCCN2Cc2cc(=O)oc3cc(C)ccc23)cc1. The fraction of sp³-hybridized carbons (Fsp3) is 0.304. The van der Waals surface area contributed by atoms with Crippen molar-refractivity contribution in [3.05, 3.63) is 70.1 Å². The molecule has 6 nitrogen and oxygen atoms in total. The lowest BCUT2D eigenvalue weighted by Gasteiger charge is -2.24. The van der Waals surface area contributed by atoms with Gasteiger partial charge in [-0.05, 0) is 67.8 Å². The highest BCUT2D eigenvalue weighted by Gasteiger charge is 2.31. The Kier molecular flexibility index (Phi) is 5.36. The molecule has 1 aliphatic rings.